The van der Waals surface area contributed by atoms with Gasteiger partial charge in [-0.2, -0.15) is 0 Å². The van der Waals surface area contributed by atoms with Gasteiger partial charge in [0.1, 0.15) is 0 Å². The molecule has 2 rings (SSSR count). The summed E-state index contributed by atoms with van der Waals surface area (Å²) in [6.07, 6.45) is 8.26. The Balaban J connectivity index is 2.24. The van der Waals surface area contributed by atoms with Gasteiger partial charge in [0.25, 0.3) is 0 Å². The van der Waals surface area contributed by atoms with Crippen LogP contribution < -0.4 is 16.7 Å². The van der Waals surface area contributed by atoms with Crippen LogP contribution in [0.5, 0.6) is 0 Å². The number of carbonyl (C=O) groups excluding carboxylic acids is 2. The maximum absolute atomic E-state index is 13.2. The average Bonchev–Trinajstić information content (AvgIpc) is 2.81. The molecule has 1 saturated heterocycles. The summed E-state index contributed by atoms with van der Waals surface area (Å²) in [4.78, 5) is 31.5. The number of hydrazine groups is 1. The number of carbonyl (C=O) groups is 2. The van der Waals surface area contributed by atoms with Crippen molar-refractivity contribution in [3.05, 3.63) is 11.1 Å². The number of amides is 2. The molecular formula is C26H47N3O6S. The maximum Gasteiger partial charge on any atom is 0.245 e. The summed E-state index contributed by atoms with van der Waals surface area (Å²) in [6, 6.07) is 0. The summed E-state index contributed by atoms with van der Waals surface area (Å²) in [5, 5.41) is 0. The zero-order chi connectivity index (χ0) is 26.9. The van der Waals surface area contributed by atoms with Crippen molar-refractivity contribution in [2.75, 3.05) is 12.9 Å². The second-order valence-corrected chi connectivity index (χ2v) is 13.8. The Kier molecular flexibility index (Phi) is 11.9. The molecule has 0 aromatic carbocycles. The van der Waals surface area contributed by atoms with Crippen LogP contribution in [-0.2, 0) is 29.0 Å². The van der Waals surface area contributed by atoms with Gasteiger partial charge in [0.2, 0.25) is 18.1 Å². The molecule has 36 heavy (non-hydrogen) atoms. The van der Waals surface area contributed by atoms with Gasteiger partial charge >= 0.3 is 0 Å². The van der Waals surface area contributed by atoms with E-state index in [1.807, 2.05) is 27.7 Å². The Labute approximate surface area is 217 Å². The highest BCUT2D eigenvalue weighted by Crippen LogP contribution is 2.38. The number of nitrogens with one attached hydrogen (secondary N) is 2. The quantitative estimate of drug-likeness (QED) is 0.152. The number of hydrogen-bond donors (Lipinski definition) is 3. The van der Waals surface area contributed by atoms with E-state index in [0.717, 1.165) is 50.4 Å². The van der Waals surface area contributed by atoms with Crippen LogP contribution in [0.3, 0.4) is 0 Å². The molecule has 1 unspecified atom stereocenters. The van der Waals surface area contributed by atoms with Gasteiger partial charge in [0, 0.05) is 18.6 Å². The first-order valence-corrected chi connectivity index (χ1v) is 15.2. The molecule has 0 radical (unpaired) electrons. The van der Waals surface area contributed by atoms with Crippen molar-refractivity contribution in [1.29, 1.82) is 0 Å². The van der Waals surface area contributed by atoms with E-state index in [1.54, 1.807) is 0 Å². The van der Waals surface area contributed by atoms with Crippen LogP contribution in [0.2, 0.25) is 0 Å². The summed E-state index contributed by atoms with van der Waals surface area (Å²) in [5.74, 6) is 3.95. The highest BCUT2D eigenvalue weighted by Gasteiger charge is 2.46. The minimum atomic E-state index is -3.74. The molecule has 10 heteroatoms. The molecule has 1 saturated carbocycles. The Bertz CT molecular complexity index is 878. The fraction of sp³-hybridized carbons (Fsp3) is 0.846. The van der Waals surface area contributed by atoms with Crippen molar-refractivity contribution in [3.63, 3.8) is 0 Å². The topological polar surface area (TPSA) is 137 Å². The first-order valence-electron chi connectivity index (χ1n) is 13.4. The van der Waals surface area contributed by atoms with E-state index < -0.39 is 38.6 Å². The maximum atomic E-state index is 13.2. The Morgan fingerprint density at radius 3 is 2.28 bits per heavy atom. The smallest absolute Gasteiger partial charge is 0.245 e. The number of allylic oxidation sites excluding steroid dienone is 1. The molecule has 3 atom stereocenters. The van der Waals surface area contributed by atoms with Crippen LogP contribution in [0.15, 0.2) is 11.1 Å². The monoisotopic (exact) mass is 529 g/mol. The standard InChI is InChI=1S/C26H47N3O6S/c1-18(2)14-21(24(31)28-27)16-26(15-19(3)4,36(5,32)33)17-23(30)29-35-25-22(12-9-13-34-25)20-10-7-6-8-11-20/h18-19,21,25H,6-17,27H2,1-5H3,(H,28,31)(H,29,30)/t21-,25?,26+/m1/s1. The number of hydrogen-bond acceptors (Lipinski definition) is 7. The van der Waals surface area contributed by atoms with Gasteiger partial charge in [-0.1, -0.05) is 39.7 Å². The number of ether oxygens (including phenoxy) is 1. The fourth-order valence-electron chi connectivity index (χ4n) is 5.69. The lowest BCUT2D eigenvalue weighted by atomic mass is 9.81. The van der Waals surface area contributed by atoms with E-state index in [1.165, 1.54) is 12.0 Å². The lowest BCUT2D eigenvalue weighted by Crippen LogP contribution is -2.49. The van der Waals surface area contributed by atoms with Crippen LogP contribution >= 0.6 is 0 Å². The molecule has 208 valence electrons. The minimum absolute atomic E-state index is 0.00781. The normalized spacial score (nSPS) is 21.8. The molecule has 2 aliphatic rings. The summed E-state index contributed by atoms with van der Waals surface area (Å²) in [7, 11) is -3.74. The zero-order valence-corrected chi connectivity index (χ0v) is 23.5. The number of hydroxylamine groups is 1. The molecule has 0 bridgehead atoms. The lowest BCUT2D eigenvalue weighted by Gasteiger charge is -2.36. The molecule has 1 aliphatic carbocycles. The minimum Gasteiger partial charge on any atom is -0.347 e. The third-order valence-electron chi connectivity index (χ3n) is 7.27. The van der Waals surface area contributed by atoms with Crippen molar-refractivity contribution in [2.45, 2.75) is 109 Å². The summed E-state index contributed by atoms with van der Waals surface area (Å²) in [6.45, 7) is 8.29. The third kappa shape index (κ3) is 8.82. The largest absolute Gasteiger partial charge is 0.347 e. The van der Waals surface area contributed by atoms with E-state index in [2.05, 4.69) is 10.9 Å². The van der Waals surface area contributed by atoms with Crippen molar-refractivity contribution in [1.82, 2.24) is 10.9 Å². The average molecular weight is 530 g/mol. The predicted octanol–water partition coefficient (Wildman–Crippen LogP) is 3.69. The van der Waals surface area contributed by atoms with E-state index in [-0.39, 0.29) is 31.1 Å². The van der Waals surface area contributed by atoms with E-state index in [4.69, 9.17) is 15.4 Å². The first kappa shape index (κ1) is 30.7. The van der Waals surface area contributed by atoms with Gasteiger partial charge < -0.3 is 4.74 Å². The van der Waals surface area contributed by atoms with E-state index in [9.17, 15) is 18.0 Å². The van der Waals surface area contributed by atoms with Crippen LogP contribution in [0.4, 0.5) is 0 Å². The summed E-state index contributed by atoms with van der Waals surface area (Å²) in [5.41, 5.74) is 7.13. The van der Waals surface area contributed by atoms with Crippen molar-refractivity contribution >= 4 is 21.7 Å². The zero-order valence-electron chi connectivity index (χ0n) is 22.7. The Hall–Kier alpha value is -1.49. The molecule has 1 heterocycles. The first-order chi connectivity index (χ1) is 16.9. The van der Waals surface area contributed by atoms with Gasteiger partial charge in [0.15, 0.2) is 9.84 Å². The van der Waals surface area contributed by atoms with Gasteiger partial charge in [-0.25, -0.2) is 24.6 Å². The van der Waals surface area contributed by atoms with Gasteiger partial charge in [-0.15, -0.1) is 0 Å². The van der Waals surface area contributed by atoms with Crippen molar-refractivity contribution in [2.24, 2.45) is 23.6 Å². The van der Waals surface area contributed by atoms with E-state index in [0.29, 0.717) is 13.0 Å². The second kappa shape index (κ2) is 13.9. The molecule has 2 amide bonds. The molecule has 0 spiro atoms. The fourth-order valence-corrected chi connectivity index (χ4v) is 7.23. The third-order valence-corrected chi connectivity index (χ3v) is 9.32. The summed E-state index contributed by atoms with van der Waals surface area (Å²) >= 11 is 0. The summed E-state index contributed by atoms with van der Waals surface area (Å²) < 4.78 is 30.8. The molecule has 4 N–H and O–H groups in total. The van der Waals surface area contributed by atoms with E-state index >= 15 is 0 Å². The SMILES string of the molecule is CC(C)C[C@H](C[C@](CC(=O)NOC1OCCCC1=C1CCCCC1)(CC(C)C)S(C)(=O)=O)C(=O)NN. The second-order valence-electron chi connectivity index (χ2n) is 11.4. The molecular weight excluding hydrogens is 482 g/mol. The number of nitrogens with two attached hydrogens (primary N) is 1. The molecule has 0 aromatic rings. The van der Waals surface area contributed by atoms with Crippen LogP contribution in [0.25, 0.3) is 0 Å². The van der Waals surface area contributed by atoms with Gasteiger partial charge in [0.05, 0.1) is 11.4 Å². The molecule has 9 nitrogen and oxygen atoms in total. The van der Waals surface area contributed by atoms with Crippen LogP contribution in [0.1, 0.15) is 98.3 Å². The van der Waals surface area contributed by atoms with Crippen molar-refractivity contribution in [3.8, 4) is 0 Å². The predicted molar refractivity (Wildman–Crippen MR) is 140 cm³/mol. The molecule has 1 aliphatic heterocycles. The number of sulfone groups is 1. The van der Waals surface area contributed by atoms with Crippen LogP contribution in [-0.4, -0.2) is 44.1 Å². The van der Waals surface area contributed by atoms with Gasteiger partial charge in [-0.3, -0.25) is 15.0 Å². The van der Waals surface area contributed by atoms with Gasteiger partial charge in [-0.05, 0) is 75.2 Å². The Morgan fingerprint density at radius 2 is 1.72 bits per heavy atom. The Morgan fingerprint density at radius 1 is 1.06 bits per heavy atom. The van der Waals surface area contributed by atoms with Crippen molar-refractivity contribution < 1.29 is 27.6 Å². The number of rotatable bonds is 12. The lowest BCUT2D eigenvalue weighted by molar-refractivity contribution is -0.181. The highest BCUT2D eigenvalue weighted by molar-refractivity contribution is 7.92. The molecule has 0 aromatic heterocycles. The molecule has 2 fully saturated rings. The highest BCUT2D eigenvalue weighted by atomic mass is 32.2. The van der Waals surface area contributed by atoms with Crippen LogP contribution in [0, 0.1) is 17.8 Å².